The summed E-state index contributed by atoms with van der Waals surface area (Å²) in [5.41, 5.74) is 6.02. The molecule has 1 aliphatic rings. The molecule has 3 aromatic carbocycles. The average molecular weight is 523 g/mol. The van der Waals surface area contributed by atoms with E-state index in [0.29, 0.717) is 17.0 Å². The van der Waals surface area contributed by atoms with Gasteiger partial charge in [-0.15, -0.1) is 0 Å². The lowest BCUT2D eigenvalue weighted by atomic mass is 9.98. The third-order valence-corrected chi connectivity index (χ3v) is 5.99. The smallest absolute Gasteiger partial charge is 0.295 e. The molecule has 1 aliphatic heterocycles. The molecule has 5 rings (SSSR count). The summed E-state index contributed by atoms with van der Waals surface area (Å²) in [6, 6.07) is 16.5. The predicted molar refractivity (Wildman–Crippen MR) is 126 cm³/mol. The van der Waals surface area contributed by atoms with Crippen molar-refractivity contribution in [3.63, 3.8) is 0 Å². The number of anilines is 1. The Bertz CT molecular complexity index is 1520. The number of nitrogens with two attached hydrogens (primary N) is 1. The first-order valence-corrected chi connectivity index (χ1v) is 11.0. The molecule has 0 saturated heterocycles. The fourth-order valence-corrected chi connectivity index (χ4v) is 4.44. The van der Waals surface area contributed by atoms with E-state index in [9.17, 15) is 18.8 Å². The van der Waals surface area contributed by atoms with E-state index in [-0.39, 0.29) is 28.9 Å². The van der Waals surface area contributed by atoms with Crippen LogP contribution in [0.3, 0.4) is 0 Å². The van der Waals surface area contributed by atoms with E-state index < -0.39 is 29.1 Å². The van der Waals surface area contributed by atoms with Gasteiger partial charge in [0.2, 0.25) is 5.76 Å². The van der Waals surface area contributed by atoms with E-state index in [2.05, 4.69) is 15.9 Å². The van der Waals surface area contributed by atoms with Crippen LogP contribution in [0.15, 0.2) is 80.4 Å². The highest BCUT2D eigenvalue weighted by molar-refractivity contribution is 9.10. The number of carbonyl (C=O) groups is 2. The summed E-state index contributed by atoms with van der Waals surface area (Å²) in [5, 5.41) is 0.0500. The molecule has 2 N–H and O–H groups in total. The molecule has 1 unspecified atom stereocenters. The Labute approximate surface area is 200 Å². The third-order valence-electron chi connectivity index (χ3n) is 5.50. The van der Waals surface area contributed by atoms with Crippen molar-refractivity contribution in [2.75, 3.05) is 11.5 Å². The summed E-state index contributed by atoms with van der Waals surface area (Å²) in [5.74, 6) is -1.38. The standard InChI is InChI=1S/C25H16BrFN2O5/c26-14-2-1-3-16(10-14)29-22(13-4-7-17(8-5-13)33-12-20(28)30)21-23(31)18-11-15(27)6-9-19(18)34-24(21)25(29)32/h1-11,22H,12H2,(H2,28,30). The number of rotatable bonds is 5. The number of primary amides is 1. The molecular weight excluding hydrogens is 507 g/mol. The number of carbonyl (C=O) groups excluding carboxylic acids is 2. The quantitative estimate of drug-likeness (QED) is 0.420. The molecule has 0 radical (unpaired) electrons. The Kier molecular flexibility index (Phi) is 5.41. The van der Waals surface area contributed by atoms with Gasteiger partial charge in [-0.25, -0.2) is 4.39 Å². The number of amides is 2. The van der Waals surface area contributed by atoms with Gasteiger partial charge in [0, 0.05) is 10.2 Å². The molecule has 1 atom stereocenters. The lowest BCUT2D eigenvalue weighted by molar-refractivity contribution is -0.119. The van der Waals surface area contributed by atoms with Crippen LogP contribution in [-0.2, 0) is 4.79 Å². The maximum Gasteiger partial charge on any atom is 0.295 e. The van der Waals surface area contributed by atoms with Crippen molar-refractivity contribution in [1.29, 1.82) is 0 Å². The maximum absolute atomic E-state index is 13.9. The van der Waals surface area contributed by atoms with Crippen molar-refractivity contribution in [1.82, 2.24) is 0 Å². The highest BCUT2D eigenvalue weighted by Crippen LogP contribution is 2.42. The number of hydrogen-bond donors (Lipinski definition) is 1. The molecule has 0 aliphatic carbocycles. The summed E-state index contributed by atoms with van der Waals surface area (Å²) in [6.45, 7) is -0.282. The molecular formula is C25H16BrFN2O5. The second kappa shape index (κ2) is 8.42. The van der Waals surface area contributed by atoms with Crippen LogP contribution in [0, 0.1) is 5.82 Å². The largest absolute Gasteiger partial charge is 0.484 e. The van der Waals surface area contributed by atoms with Gasteiger partial charge in [-0.1, -0.05) is 34.1 Å². The first kappa shape index (κ1) is 21.8. The number of fused-ring (bicyclic) bond motifs is 2. The van der Waals surface area contributed by atoms with Crippen LogP contribution in [0.5, 0.6) is 5.75 Å². The summed E-state index contributed by atoms with van der Waals surface area (Å²) >= 11 is 3.42. The Morgan fingerprint density at radius 1 is 1.09 bits per heavy atom. The predicted octanol–water partition coefficient (Wildman–Crippen LogP) is 4.31. The van der Waals surface area contributed by atoms with Gasteiger partial charge in [0.1, 0.15) is 17.1 Å². The van der Waals surface area contributed by atoms with Gasteiger partial charge >= 0.3 is 0 Å². The summed E-state index contributed by atoms with van der Waals surface area (Å²) in [6.07, 6.45) is 0. The van der Waals surface area contributed by atoms with Crippen molar-refractivity contribution in [3.05, 3.63) is 104 Å². The number of nitrogens with zero attached hydrogens (tertiary/aromatic N) is 1. The zero-order valence-corrected chi connectivity index (χ0v) is 19.0. The van der Waals surface area contributed by atoms with E-state index in [1.165, 1.54) is 17.0 Å². The van der Waals surface area contributed by atoms with Crippen molar-refractivity contribution < 1.29 is 23.1 Å². The van der Waals surface area contributed by atoms with Gasteiger partial charge in [0.25, 0.3) is 11.8 Å². The van der Waals surface area contributed by atoms with Crippen LogP contribution in [0.4, 0.5) is 10.1 Å². The number of hydrogen-bond acceptors (Lipinski definition) is 5. The minimum atomic E-state index is -0.828. The first-order chi connectivity index (χ1) is 16.3. The molecule has 0 saturated carbocycles. The highest BCUT2D eigenvalue weighted by Gasteiger charge is 2.43. The second-order valence-electron chi connectivity index (χ2n) is 7.70. The summed E-state index contributed by atoms with van der Waals surface area (Å²) in [4.78, 5) is 39.5. The van der Waals surface area contributed by atoms with E-state index in [0.717, 1.165) is 10.5 Å². The number of ether oxygens (including phenoxy) is 1. The third kappa shape index (κ3) is 3.73. The fraction of sp³-hybridized carbons (Fsp3) is 0.0800. The molecule has 7 nitrogen and oxygen atoms in total. The van der Waals surface area contributed by atoms with E-state index in [1.54, 1.807) is 42.5 Å². The van der Waals surface area contributed by atoms with Gasteiger partial charge in [-0.05, 0) is 54.1 Å². The minimum absolute atomic E-state index is 0.0500. The fourth-order valence-electron chi connectivity index (χ4n) is 4.05. The molecule has 0 fully saturated rings. The molecule has 2 amide bonds. The van der Waals surface area contributed by atoms with Gasteiger partial charge in [0.15, 0.2) is 12.0 Å². The Morgan fingerprint density at radius 2 is 1.85 bits per heavy atom. The maximum atomic E-state index is 13.9. The monoisotopic (exact) mass is 522 g/mol. The minimum Gasteiger partial charge on any atom is -0.484 e. The normalized spacial score (nSPS) is 14.9. The topological polar surface area (TPSA) is 103 Å². The van der Waals surface area contributed by atoms with Gasteiger partial charge in [-0.3, -0.25) is 19.3 Å². The van der Waals surface area contributed by atoms with E-state index >= 15 is 0 Å². The van der Waals surface area contributed by atoms with Gasteiger partial charge in [0.05, 0.1) is 17.0 Å². The molecule has 170 valence electrons. The summed E-state index contributed by atoms with van der Waals surface area (Å²) < 4.78 is 25.8. The lowest BCUT2D eigenvalue weighted by Crippen LogP contribution is -2.29. The highest BCUT2D eigenvalue weighted by atomic mass is 79.9. The summed E-state index contributed by atoms with van der Waals surface area (Å²) in [7, 11) is 0. The molecule has 2 heterocycles. The molecule has 0 spiro atoms. The average Bonchev–Trinajstić information content (AvgIpc) is 3.11. The van der Waals surface area contributed by atoms with Crippen molar-refractivity contribution in [2.24, 2.45) is 5.73 Å². The van der Waals surface area contributed by atoms with Gasteiger partial charge in [-0.2, -0.15) is 0 Å². The SMILES string of the molecule is NC(=O)COc1ccc(C2c3c(oc4ccc(F)cc4c3=O)C(=O)N2c2cccc(Br)c2)cc1. The second-order valence-corrected chi connectivity index (χ2v) is 8.61. The van der Waals surface area contributed by atoms with Crippen LogP contribution in [0.2, 0.25) is 0 Å². The Balaban J connectivity index is 1.70. The molecule has 4 aromatic rings. The molecule has 34 heavy (non-hydrogen) atoms. The van der Waals surface area contributed by atoms with Gasteiger partial charge < -0.3 is 14.9 Å². The first-order valence-electron chi connectivity index (χ1n) is 10.2. The zero-order chi connectivity index (χ0) is 24.0. The Morgan fingerprint density at radius 3 is 2.56 bits per heavy atom. The van der Waals surface area contributed by atoms with Crippen molar-refractivity contribution in [3.8, 4) is 5.75 Å². The van der Waals surface area contributed by atoms with Crippen LogP contribution in [0.1, 0.15) is 27.7 Å². The molecule has 9 heteroatoms. The van der Waals surface area contributed by atoms with E-state index in [1.807, 2.05) is 6.07 Å². The number of benzene rings is 3. The van der Waals surface area contributed by atoms with Crippen molar-refractivity contribution >= 4 is 44.4 Å². The Hall–Kier alpha value is -3.98. The molecule has 0 bridgehead atoms. The van der Waals surface area contributed by atoms with Crippen molar-refractivity contribution in [2.45, 2.75) is 6.04 Å². The van der Waals surface area contributed by atoms with Crippen LogP contribution in [0.25, 0.3) is 11.0 Å². The van der Waals surface area contributed by atoms with Crippen LogP contribution in [-0.4, -0.2) is 18.4 Å². The van der Waals surface area contributed by atoms with Crippen LogP contribution < -0.4 is 20.8 Å². The number of halogens is 2. The van der Waals surface area contributed by atoms with Crippen LogP contribution >= 0.6 is 15.9 Å². The molecule has 1 aromatic heterocycles. The lowest BCUT2D eigenvalue weighted by Gasteiger charge is -2.25. The zero-order valence-electron chi connectivity index (χ0n) is 17.5. The van der Waals surface area contributed by atoms with E-state index in [4.69, 9.17) is 14.9 Å².